The van der Waals surface area contributed by atoms with E-state index in [1.807, 2.05) is 36.4 Å². The van der Waals surface area contributed by atoms with Gasteiger partial charge in [0.2, 0.25) is 5.91 Å². The monoisotopic (exact) mass is 371 g/mol. The first-order valence-electron chi connectivity index (χ1n) is 8.72. The minimum atomic E-state index is -0.963. The number of carbonyl (C=O) groups excluding carboxylic acids is 1. The molecule has 0 heterocycles. The average molecular weight is 371 g/mol. The number of methoxy groups -OCH3 is 2. The van der Waals surface area contributed by atoms with Crippen molar-refractivity contribution in [2.24, 2.45) is 5.92 Å². The Labute approximate surface area is 159 Å². The van der Waals surface area contributed by atoms with Gasteiger partial charge in [-0.3, -0.25) is 9.59 Å². The minimum absolute atomic E-state index is 0.0422. The van der Waals surface area contributed by atoms with Gasteiger partial charge in [-0.2, -0.15) is 0 Å². The molecule has 0 aliphatic carbocycles. The minimum Gasteiger partial charge on any atom is -0.497 e. The third-order valence-corrected chi connectivity index (χ3v) is 4.52. The van der Waals surface area contributed by atoms with E-state index in [-0.39, 0.29) is 18.9 Å². The van der Waals surface area contributed by atoms with Crippen LogP contribution >= 0.6 is 0 Å². The molecule has 0 saturated carbocycles. The molecule has 0 aliphatic rings. The summed E-state index contributed by atoms with van der Waals surface area (Å²) in [5, 5.41) is 12.3. The number of carboxylic acids is 1. The van der Waals surface area contributed by atoms with E-state index in [4.69, 9.17) is 9.47 Å². The van der Waals surface area contributed by atoms with E-state index in [1.165, 1.54) is 0 Å². The van der Waals surface area contributed by atoms with E-state index in [2.05, 4.69) is 5.32 Å². The van der Waals surface area contributed by atoms with Gasteiger partial charge in [0.1, 0.15) is 11.5 Å². The van der Waals surface area contributed by atoms with E-state index in [9.17, 15) is 14.7 Å². The van der Waals surface area contributed by atoms with Gasteiger partial charge in [-0.15, -0.1) is 0 Å². The summed E-state index contributed by atoms with van der Waals surface area (Å²) in [5.41, 5.74) is 1.60. The number of rotatable bonds is 9. The molecule has 0 radical (unpaired) electrons. The highest BCUT2D eigenvalue weighted by Gasteiger charge is 2.23. The summed E-state index contributed by atoms with van der Waals surface area (Å²) in [7, 11) is 3.12. The van der Waals surface area contributed by atoms with Crippen LogP contribution in [0.1, 0.15) is 24.0 Å². The third kappa shape index (κ3) is 5.48. The Hall–Kier alpha value is -3.02. The summed E-state index contributed by atoms with van der Waals surface area (Å²) in [5.74, 6) is -1.04. The van der Waals surface area contributed by atoms with Gasteiger partial charge in [-0.25, -0.2) is 0 Å². The number of aliphatic carboxylic acids is 1. The van der Waals surface area contributed by atoms with Crippen molar-refractivity contribution in [3.8, 4) is 11.5 Å². The molecule has 2 unspecified atom stereocenters. The fourth-order valence-electron chi connectivity index (χ4n) is 2.82. The van der Waals surface area contributed by atoms with Crippen molar-refractivity contribution in [1.29, 1.82) is 0 Å². The molecule has 0 aliphatic heterocycles. The number of benzene rings is 2. The summed E-state index contributed by atoms with van der Waals surface area (Å²) in [4.78, 5) is 24.1. The predicted octanol–water partition coefficient (Wildman–Crippen LogP) is 2.87. The molecule has 144 valence electrons. The van der Waals surface area contributed by atoms with E-state index < -0.39 is 17.8 Å². The Bertz CT molecular complexity index is 790. The van der Waals surface area contributed by atoms with Crippen LogP contribution in [0.15, 0.2) is 48.5 Å². The summed E-state index contributed by atoms with van der Waals surface area (Å²) >= 11 is 0. The van der Waals surface area contributed by atoms with Crippen LogP contribution in [-0.2, 0) is 16.0 Å². The number of hydrogen-bond donors (Lipinski definition) is 2. The predicted molar refractivity (Wildman–Crippen MR) is 102 cm³/mol. The number of ether oxygens (including phenoxy) is 2. The molecule has 27 heavy (non-hydrogen) atoms. The second-order valence-electron chi connectivity index (χ2n) is 6.29. The molecule has 2 atom stereocenters. The van der Waals surface area contributed by atoms with Crippen molar-refractivity contribution in [1.82, 2.24) is 5.32 Å². The molecule has 6 nitrogen and oxygen atoms in total. The molecule has 2 aromatic carbocycles. The Morgan fingerprint density at radius 1 is 1.07 bits per heavy atom. The van der Waals surface area contributed by atoms with Crippen molar-refractivity contribution in [3.63, 3.8) is 0 Å². The fraction of sp³-hybridized carbons (Fsp3) is 0.333. The van der Waals surface area contributed by atoms with E-state index in [1.54, 1.807) is 33.3 Å². The van der Waals surface area contributed by atoms with E-state index in [0.29, 0.717) is 11.5 Å². The van der Waals surface area contributed by atoms with Crippen LogP contribution in [-0.4, -0.2) is 37.7 Å². The molecular weight excluding hydrogens is 346 g/mol. The first-order valence-corrected chi connectivity index (χ1v) is 8.72. The van der Waals surface area contributed by atoms with Gasteiger partial charge in [0.15, 0.2) is 0 Å². The molecule has 0 saturated heterocycles. The molecule has 0 spiro atoms. The summed E-state index contributed by atoms with van der Waals surface area (Å²) in [6.45, 7) is 1.82. The molecule has 2 aromatic rings. The molecule has 1 amide bonds. The maximum Gasteiger partial charge on any atom is 0.308 e. The van der Waals surface area contributed by atoms with Crippen LogP contribution < -0.4 is 14.8 Å². The van der Waals surface area contributed by atoms with Crippen LogP contribution in [0, 0.1) is 5.92 Å². The van der Waals surface area contributed by atoms with Gasteiger partial charge in [-0.05, 0) is 42.7 Å². The van der Waals surface area contributed by atoms with Crippen molar-refractivity contribution in [2.45, 2.75) is 19.3 Å². The molecular formula is C21H25NO5. The van der Waals surface area contributed by atoms with Crippen molar-refractivity contribution in [2.75, 3.05) is 20.8 Å². The molecule has 2 N–H and O–H groups in total. The lowest BCUT2D eigenvalue weighted by Crippen LogP contribution is -2.36. The molecule has 0 bridgehead atoms. The zero-order valence-corrected chi connectivity index (χ0v) is 15.8. The number of nitrogens with one attached hydrogen (secondary N) is 1. The highest BCUT2D eigenvalue weighted by molar-refractivity contribution is 5.84. The zero-order chi connectivity index (χ0) is 19.8. The lowest BCUT2D eigenvalue weighted by molar-refractivity contribution is -0.141. The zero-order valence-electron chi connectivity index (χ0n) is 15.8. The quantitative estimate of drug-likeness (QED) is 0.708. The smallest absolute Gasteiger partial charge is 0.308 e. The largest absolute Gasteiger partial charge is 0.497 e. The fourth-order valence-corrected chi connectivity index (χ4v) is 2.82. The first kappa shape index (κ1) is 20.3. The average Bonchev–Trinajstić information content (AvgIpc) is 2.70. The van der Waals surface area contributed by atoms with Gasteiger partial charge >= 0.3 is 5.97 Å². The number of carbonyl (C=O) groups is 2. The van der Waals surface area contributed by atoms with Crippen LogP contribution in [0.4, 0.5) is 0 Å². The normalized spacial score (nSPS) is 12.7. The second kappa shape index (κ2) is 9.62. The van der Waals surface area contributed by atoms with Crippen LogP contribution in [0.25, 0.3) is 0 Å². The third-order valence-electron chi connectivity index (χ3n) is 4.52. The standard InChI is InChI=1S/C21H25NO5/c1-14(15-8-6-9-18(12-15)26-2)20(23)22-13-17(21(24)25)11-16-7-4-5-10-19(16)27-3/h4-10,12,14,17H,11,13H2,1-3H3,(H,22,23)(H,24,25). The molecule has 2 rings (SSSR count). The Morgan fingerprint density at radius 2 is 1.81 bits per heavy atom. The van der Waals surface area contributed by atoms with Gasteiger partial charge in [-0.1, -0.05) is 30.3 Å². The Balaban J connectivity index is 2.02. The maximum absolute atomic E-state index is 12.5. The second-order valence-corrected chi connectivity index (χ2v) is 6.29. The van der Waals surface area contributed by atoms with E-state index >= 15 is 0 Å². The number of amides is 1. The molecule has 0 fully saturated rings. The number of para-hydroxylation sites is 1. The topological polar surface area (TPSA) is 84.9 Å². The lowest BCUT2D eigenvalue weighted by Gasteiger charge is -2.18. The number of hydrogen-bond acceptors (Lipinski definition) is 4. The van der Waals surface area contributed by atoms with Crippen LogP contribution in [0.2, 0.25) is 0 Å². The van der Waals surface area contributed by atoms with Crippen LogP contribution in [0.5, 0.6) is 11.5 Å². The first-order chi connectivity index (χ1) is 13.0. The lowest BCUT2D eigenvalue weighted by atomic mass is 9.97. The molecule has 0 aromatic heterocycles. The Morgan fingerprint density at radius 3 is 2.48 bits per heavy atom. The highest BCUT2D eigenvalue weighted by Crippen LogP contribution is 2.22. The van der Waals surface area contributed by atoms with E-state index in [0.717, 1.165) is 11.1 Å². The highest BCUT2D eigenvalue weighted by atomic mass is 16.5. The van der Waals surface area contributed by atoms with Gasteiger partial charge in [0, 0.05) is 6.54 Å². The maximum atomic E-state index is 12.5. The van der Waals surface area contributed by atoms with Gasteiger partial charge < -0.3 is 19.9 Å². The SMILES string of the molecule is COc1cccc(C(C)C(=O)NCC(Cc2ccccc2OC)C(=O)O)c1. The van der Waals surface area contributed by atoms with Crippen molar-refractivity contribution in [3.05, 3.63) is 59.7 Å². The summed E-state index contributed by atoms with van der Waals surface area (Å²) in [6.07, 6.45) is 0.271. The van der Waals surface area contributed by atoms with Crippen molar-refractivity contribution >= 4 is 11.9 Å². The summed E-state index contributed by atoms with van der Waals surface area (Å²) in [6, 6.07) is 14.6. The summed E-state index contributed by atoms with van der Waals surface area (Å²) < 4.78 is 10.5. The van der Waals surface area contributed by atoms with Gasteiger partial charge in [0.25, 0.3) is 0 Å². The van der Waals surface area contributed by atoms with Crippen LogP contribution in [0.3, 0.4) is 0 Å². The van der Waals surface area contributed by atoms with Gasteiger partial charge in [0.05, 0.1) is 26.1 Å². The number of carboxylic acid groups (broad SMARTS) is 1. The van der Waals surface area contributed by atoms with Crippen molar-refractivity contribution < 1.29 is 24.2 Å². The Kier molecular flexibility index (Phi) is 7.23. The molecule has 6 heteroatoms.